The lowest BCUT2D eigenvalue weighted by molar-refractivity contribution is 0.0526. The van der Waals surface area contributed by atoms with Gasteiger partial charge in [-0.25, -0.2) is 4.79 Å². The summed E-state index contributed by atoms with van der Waals surface area (Å²) in [6.07, 6.45) is 0.145. The Hall–Kier alpha value is -3.03. The van der Waals surface area contributed by atoms with Crippen molar-refractivity contribution in [3.8, 4) is 0 Å². The molecule has 2 aromatic rings. The molecule has 0 bridgehead atoms. The lowest BCUT2D eigenvalue weighted by atomic mass is 10.2. The average Bonchev–Trinajstić information content (AvgIpc) is 2.88. The number of aromatic nitrogens is 1. The van der Waals surface area contributed by atoms with E-state index in [2.05, 4.69) is 10.3 Å². The van der Waals surface area contributed by atoms with E-state index in [0.29, 0.717) is 25.2 Å². The number of fused-ring (bicyclic) bond motifs is 1. The highest BCUT2D eigenvalue weighted by Gasteiger charge is 2.17. The largest absolute Gasteiger partial charge is 0.444 e. The number of nitrogens with two attached hydrogens (primary N) is 2. The van der Waals surface area contributed by atoms with Crippen molar-refractivity contribution in [1.29, 1.82) is 0 Å². The van der Waals surface area contributed by atoms with Crippen LogP contribution in [0.15, 0.2) is 35.3 Å². The van der Waals surface area contributed by atoms with Gasteiger partial charge < -0.3 is 26.1 Å². The minimum atomic E-state index is -0.541. The monoisotopic (exact) mass is 359 g/mol. The predicted molar refractivity (Wildman–Crippen MR) is 101 cm³/mol. The first-order chi connectivity index (χ1) is 12.2. The maximum Gasteiger partial charge on any atom is 0.407 e. The SMILES string of the molecule is CC(C)(C)OC(=O)NCCCn1c(C(=O)N=C(N)N)cc2ccccc21. The zero-order valence-corrected chi connectivity index (χ0v) is 15.3. The van der Waals surface area contributed by atoms with Gasteiger partial charge in [0.15, 0.2) is 5.96 Å². The van der Waals surface area contributed by atoms with Crippen LogP contribution in [0.4, 0.5) is 4.79 Å². The molecule has 0 saturated carbocycles. The predicted octanol–water partition coefficient (Wildman–Crippen LogP) is 1.97. The number of aliphatic imine (C=N–C) groups is 1. The van der Waals surface area contributed by atoms with Gasteiger partial charge in [-0.15, -0.1) is 0 Å². The molecule has 0 spiro atoms. The van der Waals surface area contributed by atoms with Crippen molar-refractivity contribution in [3.05, 3.63) is 36.0 Å². The van der Waals surface area contributed by atoms with Gasteiger partial charge in [0.2, 0.25) is 0 Å². The maximum atomic E-state index is 12.3. The number of hydrogen-bond donors (Lipinski definition) is 3. The fraction of sp³-hybridized carbons (Fsp3) is 0.389. The molecule has 2 rings (SSSR count). The summed E-state index contributed by atoms with van der Waals surface area (Å²) in [5.41, 5.74) is 11.4. The van der Waals surface area contributed by atoms with Crippen molar-refractivity contribution in [1.82, 2.24) is 9.88 Å². The Morgan fingerprint density at radius 3 is 2.58 bits per heavy atom. The third-order valence-electron chi connectivity index (χ3n) is 3.49. The van der Waals surface area contributed by atoms with E-state index >= 15 is 0 Å². The Labute approximate surface area is 152 Å². The van der Waals surface area contributed by atoms with E-state index in [9.17, 15) is 9.59 Å². The van der Waals surface area contributed by atoms with Gasteiger partial charge >= 0.3 is 6.09 Å². The van der Waals surface area contributed by atoms with Crippen molar-refractivity contribution in [3.63, 3.8) is 0 Å². The first-order valence-corrected chi connectivity index (χ1v) is 8.36. The quantitative estimate of drug-likeness (QED) is 0.427. The molecule has 5 N–H and O–H groups in total. The smallest absolute Gasteiger partial charge is 0.407 e. The van der Waals surface area contributed by atoms with Crippen LogP contribution in [0.2, 0.25) is 0 Å². The lowest BCUT2D eigenvalue weighted by Crippen LogP contribution is -2.33. The van der Waals surface area contributed by atoms with E-state index in [4.69, 9.17) is 16.2 Å². The highest BCUT2D eigenvalue weighted by atomic mass is 16.6. The number of amides is 2. The van der Waals surface area contributed by atoms with E-state index in [1.54, 1.807) is 26.8 Å². The molecule has 1 aromatic heterocycles. The van der Waals surface area contributed by atoms with Gasteiger partial charge in [-0.1, -0.05) is 18.2 Å². The van der Waals surface area contributed by atoms with Crippen LogP contribution >= 0.6 is 0 Å². The number of guanidine groups is 1. The van der Waals surface area contributed by atoms with Gasteiger partial charge in [-0.3, -0.25) is 4.79 Å². The lowest BCUT2D eigenvalue weighted by Gasteiger charge is -2.19. The number of hydrogen-bond acceptors (Lipinski definition) is 3. The third kappa shape index (κ3) is 5.23. The van der Waals surface area contributed by atoms with Crippen molar-refractivity contribution >= 4 is 28.9 Å². The Kier molecular flexibility index (Phi) is 5.86. The van der Waals surface area contributed by atoms with E-state index in [0.717, 1.165) is 10.9 Å². The summed E-state index contributed by atoms with van der Waals surface area (Å²) in [6.45, 7) is 6.35. The van der Waals surface area contributed by atoms with Gasteiger partial charge in [0.05, 0.1) is 0 Å². The number of carbonyl (C=O) groups is 2. The van der Waals surface area contributed by atoms with Gasteiger partial charge in [-0.05, 0) is 39.3 Å². The van der Waals surface area contributed by atoms with Crippen LogP contribution in [-0.2, 0) is 11.3 Å². The zero-order chi connectivity index (χ0) is 19.3. The number of alkyl carbamates (subject to hydrolysis) is 1. The number of ether oxygens (including phenoxy) is 1. The van der Waals surface area contributed by atoms with Crippen LogP contribution in [0.1, 0.15) is 37.7 Å². The highest BCUT2D eigenvalue weighted by Crippen LogP contribution is 2.21. The van der Waals surface area contributed by atoms with Crippen LogP contribution in [0, 0.1) is 0 Å². The Morgan fingerprint density at radius 2 is 1.92 bits per heavy atom. The molecule has 1 heterocycles. The molecular formula is C18H25N5O3. The van der Waals surface area contributed by atoms with Gasteiger partial charge in [0.25, 0.3) is 5.91 Å². The molecule has 8 heteroatoms. The van der Waals surface area contributed by atoms with E-state index in [1.807, 2.05) is 28.8 Å². The molecule has 0 saturated heterocycles. The zero-order valence-electron chi connectivity index (χ0n) is 15.3. The van der Waals surface area contributed by atoms with Crippen LogP contribution in [0.25, 0.3) is 10.9 Å². The molecule has 140 valence electrons. The summed E-state index contributed by atoms with van der Waals surface area (Å²) >= 11 is 0. The maximum absolute atomic E-state index is 12.3. The summed E-state index contributed by atoms with van der Waals surface area (Å²) in [4.78, 5) is 27.6. The van der Waals surface area contributed by atoms with Gasteiger partial charge in [0.1, 0.15) is 11.3 Å². The van der Waals surface area contributed by atoms with Crippen LogP contribution in [0.5, 0.6) is 0 Å². The molecule has 0 aliphatic heterocycles. The van der Waals surface area contributed by atoms with E-state index < -0.39 is 17.6 Å². The Balaban J connectivity index is 2.09. The molecule has 0 atom stereocenters. The molecule has 0 radical (unpaired) electrons. The summed E-state index contributed by atoms with van der Waals surface area (Å²) in [7, 11) is 0. The Bertz CT molecular complexity index is 829. The highest BCUT2D eigenvalue weighted by molar-refractivity contribution is 6.04. The van der Waals surface area contributed by atoms with Crippen molar-refractivity contribution in [2.24, 2.45) is 16.5 Å². The summed E-state index contributed by atoms with van der Waals surface area (Å²) in [5, 5.41) is 3.62. The van der Waals surface area contributed by atoms with Gasteiger partial charge in [-0.2, -0.15) is 4.99 Å². The summed E-state index contributed by atoms with van der Waals surface area (Å²) < 4.78 is 7.04. The Morgan fingerprint density at radius 1 is 1.23 bits per heavy atom. The molecule has 8 nitrogen and oxygen atoms in total. The standard InChI is InChI=1S/C18H25N5O3/c1-18(2,3)26-17(25)21-9-6-10-23-13-8-5-4-7-12(13)11-14(23)15(24)22-16(19)20/h4-5,7-8,11H,6,9-10H2,1-3H3,(H,21,25)(H4,19,20,22,24). The van der Waals surface area contributed by atoms with Crippen molar-refractivity contribution in [2.45, 2.75) is 39.3 Å². The molecule has 26 heavy (non-hydrogen) atoms. The molecule has 1 aromatic carbocycles. The normalized spacial score (nSPS) is 11.2. The molecule has 0 aliphatic carbocycles. The van der Waals surface area contributed by atoms with Gasteiger partial charge in [0, 0.05) is 24.0 Å². The van der Waals surface area contributed by atoms with Crippen molar-refractivity contribution < 1.29 is 14.3 Å². The topological polar surface area (TPSA) is 125 Å². The summed E-state index contributed by atoms with van der Waals surface area (Å²) in [6, 6.07) is 9.38. The molecule has 0 aliphatic rings. The minimum absolute atomic E-state index is 0.279. The summed E-state index contributed by atoms with van der Waals surface area (Å²) in [5.74, 6) is -0.778. The molecule has 2 amide bonds. The van der Waals surface area contributed by atoms with Crippen LogP contribution < -0.4 is 16.8 Å². The first kappa shape index (κ1) is 19.3. The van der Waals surface area contributed by atoms with E-state index in [-0.39, 0.29) is 5.96 Å². The number of para-hydroxylation sites is 1. The second kappa shape index (κ2) is 7.90. The molecule has 0 fully saturated rings. The number of rotatable bonds is 5. The molecular weight excluding hydrogens is 334 g/mol. The number of carbonyl (C=O) groups excluding carboxylic acids is 2. The second-order valence-corrected chi connectivity index (χ2v) is 6.86. The van der Waals surface area contributed by atoms with Crippen molar-refractivity contribution in [2.75, 3.05) is 6.54 Å². The molecule has 0 unspecified atom stereocenters. The van der Waals surface area contributed by atoms with Crippen LogP contribution in [-0.4, -0.2) is 34.7 Å². The van der Waals surface area contributed by atoms with Crippen LogP contribution in [0.3, 0.4) is 0 Å². The number of nitrogens with one attached hydrogen (secondary N) is 1. The van der Waals surface area contributed by atoms with E-state index in [1.165, 1.54) is 0 Å². The fourth-order valence-corrected chi connectivity index (χ4v) is 2.54. The number of aryl methyl sites for hydroxylation is 1. The fourth-order valence-electron chi connectivity index (χ4n) is 2.54. The number of nitrogens with zero attached hydrogens (tertiary/aromatic N) is 2. The third-order valence-corrected chi connectivity index (χ3v) is 3.49. The second-order valence-electron chi connectivity index (χ2n) is 6.86. The average molecular weight is 359 g/mol. The minimum Gasteiger partial charge on any atom is -0.444 e. The first-order valence-electron chi connectivity index (χ1n) is 8.36. The number of benzene rings is 1.